The van der Waals surface area contributed by atoms with Crippen LogP contribution in [-0.2, 0) is 0 Å². The summed E-state index contributed by atoms with van der Waals surface area (Å²) < 4.78 is 0. The van der Waals surface area contributed by atoms with Gasteiger partial charge in [-0.2, -0.15) is 0 Å². The third-order valence-corrected chi connectivity index (χ3v) is 2.41. The molecule has 15 heavy (non-hydrogen) atoms. The van der Waals surface area contributed by atoms with Gasteiger partial charge in [-0.05, 0) is 30.5 Å². The molecule has 0 heterocycles. The molecule has 4 N–H and O–H groups in total. The van der Waals surface area contributed by atoms with Crippen LogP contribution in [-0.4, -0.2) is 22.5 Å². The maximum atomic E-state index is 8.57. The lowest BCUT2D eigenvalue weighted by atomic mass is 9.98. The second kappa shape index (κ2) is 4.45. The van der Waals surface area contributed by atoms with E-state index in [1.165, 1.54) is 6.21 Å². The normalized spacial score (nSPS) is 12.3. The molecular formula is C10H13N3O2. The van der Waals surface area contributed by atoms with Crippen molar-refractivity contribution in [3.05, 3.63) is 34.4 Å². The molecule has 5 nitrogen and oxygen atoms in total. The van der Waals surface area contributed by atoms with Gasteiger partial charge in [-0.3, -0.25) is 0 Å². The Morgan fingerprint density at radius 3 is 2.47 bits per heavy atom. The fraction of sp³-hybridized carbons (Fsp3) is 0.200. The summed E-state index contributed by atoms with van der Waals surface area (Å²) in [5.41, 5.74) is 8.79. The molecule has 0 aliphatic rings. The van der Waals surface area contributed by atoms with E-state index in [4.69, 9.17) is 16.1 Å². The Labute approximate surface area is 87.5 Å². The third kappa shape index (κ3) is 2.07. The minimum atomic E-state index is 0.0723. The highest BCUT2D eigenvalue weighted by Crippen LogP contribution is 2.16. The van der Waals surface area contributed by atoms with Crippen molar-refractivity contribution in [3.63, 3.8) is 0 Å². The van der Waals surface area contributed by atoms with Crippen LogP contribution in [0.2, 0.25) is 0 Å². The van der Waals surface area contributed by atoms with Crippen molar-refractivity contribution in [1.29, 1.82) is 0 Å². The fourth-order valence-corrected chi connectivity index (χ4v) is 1.38. The molecule has 1 aromatic carbocycles. The first kappa shape index (κ1) is 11.0. The molecule has 0 atom stereocenters. The van der Waals surface area contributed by atoms with Crippen LogP contribution >= 0.6 is 0 Å². The molecule has 0 radical (unpaired) electrons. The summed E-state index contributed by atoms with van der Waals surface area (Å²) in [5.74, 6) is 0.0723. The summed E-state index contributed by atoms with van der Waals surface area (Å²) in [6.07, 6.45) is 1.35. The maximum absolute atomic E-state index is 8.57. The van der Waals surface area contributed by atoms with Crippen molar-refractivity contribution >= 4 is 12.1 Å². The molecule has 1 rings (SSSR count). The Bertz CT molecular complexity index is 425. The molecular weight excluding hydrogens is 194 g/mol. The highest BCUT2D eigenvalue weighted by Gasteiger charge is 2.08. The van der Waals surface area contributed by atoms with Gasteiger partial charge in [0.05, 0.1) is 6.21 Å². The monoisotopic (exact) mass is 207 g/mol. The second-order valence-corrected chi connectivity index (χ2v) is 3.18. The zero-order valence-electron chi connectivity index (χ0n) is 8.60. The van der Waals surface area contributed by atoms with Crippen molar-refractivity contribution in [2.45, 2.75) is 13.8 Å². The Morgan fingerprint density at radius 1 is 1.27 bits per heavy atom. The van der Waals surface area contributed by atoms with Crippen molar-refractivity contribution < 1.29 is 10.4 Å². The van der Waals surface area contributed by atoms with Gasteiger partial charge in [0.2, 0.25) is 0 Å². The van der Waals surface area contributed by atoms with Gasteiger partial charge in [-0.1, -0.05) is 22.4 Å². The summed E-state index contributed by atoms with van der Waals surface area (Å²) in [6, 6.07) is 3.46. The van der Waals surface area contributed by atoms with E-state index >= 15 is 0 Å². The summed E-state index contributed by atoms with van der Waals surface area (Å²) in [6.45, 7) is 3.73. The standard InChI is InChI=1S/C10H13N3O2/c1-6-7(2)9(10(11)13-15)4-3-8(6)5-12-14/h3-5,14-15H,1-2H3,(H2,11,13). The highest BCUT2D eigenvalue weighted by molar-refractivity contribution is 5.99. The zero-order chi connectivity index (χ0) is 11.4. The zero-order valence-corrected chi connectivity index (χ0v) is 8.60. The molecule has 0 bridgehead atoms. The average molecular weight is 207 g/mol. The van der Waals surface area contributed by atoms with E-state index in [9.17, 15) is 0 Å². The predicted octanol–water partition coefficient (Wildman–Crippen LogP) is 1.21. The minimum absolute atomic E-state index is 0.0723. The molecule has 0 amide bonds. The molecule has 0 unspecified atom stereocenters. The van der Waals surface area contributed by atoms with E-state index in [1.54, 1.807) is 12.1 Å². The van der Waals surface area contributed by atoms with Gasteiger partial charge in [0, 0.05) is 5.56 Å². The van der Waals surface area contributed by atoms with E-state index in [0.29, 0.717) is 5.56 Å². The third-order valence-electron chi connectivity index (χ3n) is 2.41. The van der Waals surface area contributed by atoms with Gasteiger partial charge in [-0.15, -0.1) is 0 Å². The largest absolute Gasteiger partial charge is 0.411 e. The molecule has 0 spiro atoms. The molecule has 5 heteroatoms. The molecule has 0 aromatic heterocycles. The lowest BCUT2D eigenvalue weighted by Crippen LogP contribution is -2.15. The lowest BCUT2D eigenvalue weighted by Gasteiger charge is -2.09. The molecule has 80 valence electrons. The number of hydrogen-bond acceptors (Lipinski definition) is 4. The lowest BCUT2D eigenvalue weighted by molar-refractivity contribution is 0.318. The number of amidine groups is 1. The highest BCUT2D eigenvalue weighted by atomic mass is 16.4. The molecule has 0 aliphatic heterocycles. The first-order chi connectivity index (χ1) is 7.11. The van der Waals surface area contributed by atoms with Crippen molar-refractivity contribution in [1.82, 2.24) is 0 Å². The van der Waals surface area contributed by atoms with Gasteiger partial charge >= 0.3 is 0 Å². The number of nitrogens with zero attached hydrogens (tertiary/aromatic N) is 2. The van der Waals surface area contributed by atoms with Crippen molar-refractivity contribution in [2.75, 3.05) is 0 Å². The van der Waals surface area contributed by atoms with Crippen molar-refractivity contribution in [2.24, 2.45) is 16.0 Å². The van der Waals surface area contributed by atoms with E-state index in [1.807, 2.05) is 13.8 Å². The Balaban J connectivity index is 3.33. The topological polar surface area (TPSA) is 91.2 Å². The summed E-state index contributed by atoms with van der Waals surface area (Å²) in [7, 11) is 0. The van der Waals surface area contributed by atoms with Crippen LogP contribution in [0.25, 0.3) is 0 Å². The van der Waals surface area contributed by atoms with E-state index < -0.39 is 0 Å². The average Bonchev–Trinajstić information content (AvgIpc) is 2.24. The number of benzene rings is 1. The smallest absolute Gasteiger partial charge is 0.170 e. The molecule has 1 aromatic rings. The summed E-state index contributed by atoms with van der Waals surface area (Å²) in [5, 5.41) is 22.9. The number of rotatable bonds is 2. The Hall–Kier alpha value is -2.04. The van der Waals surface area contributed by atoms with Crippen LogP contribution in [0, 0.1) is 13.8 Å². The number of nitrogens with two attached hydrogens (primary N) is 1. The van der Waals surface area contributed by atoms with Crippen LogP contribution < -0.4 is 5.73 Å². The van der Waals surface area contributed by atoms with Gasteiger partial charge in [0.15, 0.2) is 5.84 Å². The molecule has 0 aliphatic carbocycles. The van der Waals surface area contributed by atoms with Crippen LogP contribution in [0.3, 0.4) is 0 Å². The molecule has 0 saturated carbocycles. The SMILES string of the molecule is Cc1c(C=NO)ccc(/C(N)=N/O)c1C. The van der Waals surface area contributed by atoms with Crippen LogP contribution in [0.4, 0.5) is 0 Å². The van der Waals surface area contributed by atoms with Crippen LogP contribution in [0.5, 0.6) is 0 Å². The van der Waals surface area contributed by atoms with Gasteiger partial charge < -0.3 is 16.1 Å². The summed E-state index contributed by atoms with van der Waals surface area (Å²) in [4.78, 5) is 0. The Kier molecular flexibility index (Phi) is 3.28. The quantitative estimate of drug-likeness (QED) is 0.294. The first-order valence-corrected chi connectivity index (χ1v) is 4.37. The number of hydrogen-bond donors (Lipinski definition) is 3. The van der Waals surface area contributed by atoms with E-state index in [-0.39, 0.29) is 5.84 Å². The fourth-order valence-electron chi connectivity index (χ4n) is 1.38. The summed E-state index contributed by atoms with van der Waals surface area (Å²) >= 11 is 0. The van der Waals surface area contributed by atoms with Gasteiger partial charge in [0.1, 0.15) is 0 Å². The predicted molar refractivity (Wildman–Crippen MR) is 57.8 cm³/mol. The molecule has 0 fully saturated rings. The van der Waals surface area contributed by atoms with E-state index in [0.717, 1.165) is 16.7 Å². The Morgan fingerprint density at radius 2 is 1.93 bits per heavy atom. The van der Waals surface area contributed by atoms with E-state index in [2.05, 4.69) is 10.3 Å². The number of oxime groups is 2. The van der Waals surface area contributed by atoms with Gasteiger partial charge in [0.25, 0.3) is 0 Å². The van der Waals surface area contributed by atoms with Crippen LogP contribution in [0.15, 0.2) is 22.4 Å². The van der Waals surface area contributed by atoms with Gasteiger partial charge in [-0.25, -0.2) is 0 Å². The van der Waals surface area contributed by atoms with Crippen LogP contribution in [0.1, 0.15) is 22.3 Å². The van der Waals surface area contributed by atoms with Crippen molar-refractivity contribution in [3.8, 4) is 0 Å². The first-order valence-electron chi connectivity index (χ1n) is 4.37. The maximum Gasteiger partial charge on any atom is 0.170 e. The minimum Gasteiger partial charge on any atom is -0.411 e. The molecule has 0 saturated heterocycles. The second-order valence-electron chi connectivity index (χ2n) is 3.18.